The summed E-state index contributed by atoms with van der Waals surface area (Å²) >= 11 is 6.01. The number of carbonyl (C=O) groups is 1. The van der Waals surface area contributed by atoms with Crippen molar-refractivity contribution < 1.29 is 9.53 Å². The molecule has 1 atom stereocenters. The third-order valence-electron chi connectivity index (χ3n) is 4.35. The van der Waals surface area contributed by atoms with Crippen molar-refractivity contribution in [1.82, 2.24) is 9.97 Å². The van der Waals surface area contributed by atoms with Crippen molar-refractivity contribution in [3.05, 3.63) is 94.0 Å². The second-order valence-corrected chi connectivity index (χ2v) is 6.95. The highest BCUT2D eigenvalue weighted by Gasteiger charge is 2.16. The van der Waals surface area contributed by atoms with Gasteiger partial charge in [0.25, 0.3) is 6.02 Å². The molecule has 0 saturated carbocycles. The Kier molecular flexibility index (Phi) is 6.57. The van der Waals surface area contributed by atoms with Crippen molar-refractivity contribution in [2.45, 2.75) is 19.4 Å². The number of Topliss-reactive ketones (excluding diaryl/α,β-unsaturated/α-hetero) is 1. The molecule has 3 rings (SSSR count). The predicted octanol–water partition coefficient (Wildman–Crippen LogP) is 3.91. The topological polar surface area (TPSA) is 90.5 Å². The smallest absolute Gasteiger partial charge is 0.282 e. The Hall–Kier alpha value is -3.25. The first-order valence-corrected chi connectivity index (χ1v) is 9.37. The van der Waals surface area contributed by atoms with Gasteiger partial charge in [0, 0.05) is 17.6 Å². The van der Waals surface area contributed by atoms with Gasteiger partial charge >= 0.3 is 0 Å². The van der Waals surface area contributed by atoms with Gasteiger partial charge in [-0.25, -0.2) is 9.98 Å². The first-order valence-electron chi connectivity index (χ1n) is 8.99. The van der Waals surface area contributed by atoms with E-state index in [2.05, 4.69) is 15.0 Å². The van der Waals surface area contributed by atoms with E-state index in [4.69, 9.17) is 22.1 Å². The minimum absolute atomic E-state index is 0.0707. The first-order chi connectivity index (χ1) is 14.0. The van der Waals surface area contributed by atoms with Gasteiger partial charge in [0.1, 0.15) is 11.7 Å². The summed E-state index contributed by atoms with van der Waals surface area (Å²) in [5, 5.41) is 0.634. The Balaban J connectivity index is 1.90. The predicted molar refractivity (Wildman–Crippen MR) is 113 cm³/mol. The molecule has 0 aliphatic carbocycles. The Labute approximate surface area is 174 Å². The Bertz CT molecular complexity index is 1020. The van der Waals surface area contributed by atoms with Crippen LogP contribution in [0.5, 0.6) is 0 Å². The van der Waals surface area contributed by atoms with Gasteiger partial charge in [0.2, 0.25) is 0 Å². The molecule has 1 aromatic heterocycles. The van der Waals surface area contributed by atoms with Crippen molar-refractivity contribution >= 4 is 23.4 Å². The van der Waals surface area contributed by atoms with Crippen LogP contribution < -0.4 is 5.73 Å². The lowest BCUT2D eigenvalue weighted by atomic mass is 9.96. The van der Waals surface area contributed by atoms with Gasteiger partial charge in [0.05, 0.1) is 19.0 Å². The maximum absolute atomic E-state index is 12.6. The van der Waals surface area contributed by atoms with E-state index in [-0.39, 0.29) is 24.3 Å². The lowest BCUT2D eigenvalue weighted by Crippen LogP contribution is -2.16. The minimum Gasteiger partial charge on any atom is -0.469 e. The van der Waals surface area contributed by atoms with Gasteiger partial charge in [-0.1, -0.05) is 48.0 Å². The van der Waals surface area contributed by atoms with E-state index in [0.717, 1.165) is 22.4 Å². The highest BCUT2D eigenvalue weighted by molar-refractivity contribution is 6.30. The number of hydrogen-bond donors (Lipinski definition) is 1. The van der Waals surface area contributed by atoms with Crippen LogP contribution in [0.25, 0.3) is 0 Å². The van der Waals surface area contributed by atoms with E-state index < -0.39 is 0 Å². The molecule has 2 N–H and O–H groups in total. The van der Waals surface area contributed by atoms with Gasteiger partial charge < -0.3 is 10.5 Å². The van der Waals surface area contributed by atoms with Crippen molar-refractivity contribution in [2.24, 2.45) is 10.7 Å². The average Bonchev–Trinajstić information content (AvgIpc) is 2.73. The van der Waals surface area contributed by atoms with E-state index >= 15 is 0 Å². The van der Waals surface area contributed by atoms with Crippen molar-refractivity contribution in [3.8, 4) is 0 Å². The Morgan fingerprint density at radius 1 is 1.14 bits per heavy atom. The number of benzene rings is 2. The van der Waals surface area contributed by atoms with E-state index in [1.165, 1.54) is 13.3 Å². The van der Waals surface area contributed by atoms with Crippen molar-refractivity contribution in [3.63, 3.8) is 0 Å². The molecule has 7 heteroatoms. The summed E-state index contributed by atoms with van der Waals surface area (Å²) in [6.07, 6.45) is 3.30. The first kappa shape index (κ1) is 20.5. The molecule has 3 aromatic rings. The molecule has 2 aromatic carbocycles. The van der Waals surface area contributed by atoms with Crippen LogP contribution >= 0.6 is 11.6 Å². The SMILES string of the molecule is COC(N)=NC(c1ccc(Cl)cc1)c1cccc(CC(=O)c2cnc(C)cn2)c1. The van der Waals surface area contributed by atoms with Crippen LogP contribution in [0.1, 0.15) is 38.9 Å². The number of ether oxygens (including phenoxy) is 1. The summed E-state index contributed by atoms with van der Waals surface area (Å²) in [6, 6.07) is 14.7. The van der Waals surface area contributed by atoms with Crippen LogP contribution in [0.15, 0.2) is 65.9 Å². The van der Waals surface area contributed by atoms with Crippen LogP contribution in [0.4, 0.5) is 0 Å². The number of aryl methyl sites for hydroxylation is 1. The number of halogens is 1. The van der Waals surface area contributed by atoms with E-state index in [9.17, 15) is 4.79 Å². The van der Waals surface area contributed by atoms with Gasteiger partial charge in [-0.3, -0.25) is 9.78 Å². The summed E-state index contributed by atoms with van der Waals surface area (Å²) in [5.41, 5.74) is 9.56. The number of aromatic nitrogens is 2. The molecule has 0 saturated heterocycles. The maximum Gasteiger partial charge on any atom is 0.282 e. The zero-order valence-corrected chi connectivity index (χ0v) is 16.9. The third kappa shape index (κ3) is 5.39. The number of nitrogens with zero attached hydrogens (tertiary/aromatic N) is 3. The van der Waals surface area contributed by atoms with Crippen LogP contribution in [-0.2, 0) is 11.2 Å². The molecule has 0 radical (unpaired) electrons. The quantitative estimate of drug-likeness (QED) is 0.379. The van der Waals surface area contributed by atoms with Crippen LogP contribution in [-0.4, -0.2) is 28.9 Å². The molecular formula is C22H21ClN4O2. The van der Waals surface area contributed by atoms with Crippen LogP contribution in [0.3, 0.4) is 0 Å². The normalized spacial score (nSPS) is 12.4. The second-order valence-electron chi connectivity index (χ2n) is 6.51. The highest BCUT2D eigenvalue weighted by Crippen LogP contribution is 2.28. The van der Waals surface area contributed by atoms with Gasteiger partial charge in [-0.2, -0.15) is 0 Å². The molecule has 1 unspecified atom stereocenters. The number of aliphatic imine (C=N–C) groups is 1. The number of amidine groups is 1. The van der Waals surface area contributed by atoms with E-state index in [1.807, 2.05) is 43.3 Å². The molecule has 0 aliphatic heterocycles. The van der Waals surface area contributed by atoms with E-state index in [1.54, 1.807) is 18.3 Å². The minimum atomic E-state index is -0.388. The molecular weight excluding hydrogens is 388 g/mol. The lowest BCUT2D eigenvalue weighted by Gasteiger charge is -2.15. The summed E-state index contributed by atoms with van der Waals surface area (Å²) in [4.78, 5) is 25.3. The third-order valence-corrected chi connectivity index (χ3v) is 4.60. The summed E-state index contributed by atoms with van der Waals surface area (Å²) < 4.78 is 5.04. The number of rotatable bonds is 6. The molecule has 0 fully saturated rings. The highest BCUT2D eigenvalue weighted by atomic mass is 35.5. The zero-order chi connectivity index (χ0) is 20.8. The molecule has 0 amide bonds. The number of nitrogens with two attached hydrogens (primary N) is 1. The summed E-state index contributed by atoms with van der Waals surface area (Å²) in [7, 11) is 1.47. The number of ketones is 1. The Morgan fingerprint density at radius 3 is 2.55 bits per heavy atom. The van der Waals surface area contributed by atoms with Crippen LogP contribution in [0, 0.1) is 6.92 Å². The number of methoxy groups -OCH3 is 1. The molecule has 0 bridgehead atoms. The fourth-order valence-electron chi connectivity index (χ4n) is 2.85. The van der Waals surface area contributed by atoms with Crippen molar-refractivity contribution in [1.29, 1.82) is 0 Å². The monoisotopic (exact) mass is 408 g/mol. The van der Waals surface area contributed by atoms with Crippen LogP contribution in [0.2, 0.25) is 5.02 Å². The largest absolute Gasteiger partial charge is 0.469 e. The zero-order valence-electron chi connectivity index (χ0n) is 16.2. The molecule has 0 spiro atoms. The molecule has 148 valence electrons. The number of hydrogen-bond acceptors (Lipinski definition) is 5. The average molecular weight is 409 g/mol. The van der Waals surface area contributed by atoms with Gasteiger partial charge in [0.15, 0.2) is 5.78 Å². The number of carbonyl (C=O) groups excluding carboxylic acids is 1. The van der Waals surface area contributed by atoms with E-state index in [0.29, 0.717) is 10.7 Å². The summed E-state index contributed by atoms with van der Waals surface area (Å²) in [6.45, 7) is 1.83. The molecule has 6 nitrogen and oxygen atoms in total. The lowest BCUT2D eigenvalue weighted by molar-refractivity contribution is 0.0988. The second kappa shape index (κ2) is 9.30. The fraction of sp³-hybridized carbons (Fsp3) is 0.182. The summed E-state index contributed by atoms with van der Waals surface area (Å²) in [5.74, 6) is -0.0994. The molecule has 29 heavy (non-hydrogen) atoms. The van der Waals surface area contributed by atoms with Crippen molar-refractivity contribution in [2.75, 3.05) is 7.11 Å². The van der Waals surface area contributed by atoms with Gasteiger partial charge in [-0.15, -0.1) is 0 Å². The maximum atomic E-state index is 12.6. The van der Waals surface area contributed by atoms with Gasteiger partial charge in [-0.05, 0) is 35.7 Å². The fourth-order valence-corrected chi connectivity index (χ4v) is 2.98. The molecule has 1 heterocycles. The molecule has 0 aliphatic rings. The standard InChI is InChI=1S/C22H21ClN4O2/c1-14-12-26-19(13-25-14)20(28)11-15-4-3-5-17(10-15)21(27-22(24)29-2)16-6-8-18(23)9-7-16/h3-10,12-13,21H,11H2,1-2H3,(H2,24,27). The Morgan fingerprint density at radius 2 is 1.90 bits per heavy atom.